The maximum absolute atomic E-state index is 9.72. The Hall–Kier alpha value is -0.0800. The lowest BCUT2D eigenvalue weighted by Crippen LogP contribution is -2.23. The maximum Gasteiger partial charge on any atom is 0.125 e. The predicted molar refractivity (Wildman–Crippen MR) is 73.8 cm³/mol. The molecule has 17 heavy (non-hydrogen) atoms. The molecule has 90 valence electrons. The number of pyridine rings is 1. The Bertz CT molecular complexity index is 582. The summed E-state index contributed by atoms with van der Waals surface area (Å²) < 4.78 is 6.70. The van der Waals surface area contributed by atoms with Crippen LogP contribution in [0.4, 0.5) is 0 Å². The maximum atomic E-state index is 9.72. The van der Waals surface area contributed by atoms with Crippen LogP contribution in [0.3, 0.4) is 0 Å². The molecule has 2 aromatic rings. The van der Waals surface area contributed by atoms with E-state index in [2.05, 4.69) is 41.7 Å². The first-order valence-electron chi connectivity index (χ1n) is 5.07. The topological polar surface area (TPSA) is 49.6 Å². The van der Waals surface area contributed by atoms with Gasteiger partial charge in [0, 0.05) is 4.90 Å². The summed E-state index contributed by atoms with van der Waals surface area (Å²) in [6, 6.07) is 3.99. The average molecular weight is 379 g/mol. The largest absolute Gasteiger partial charge is 0.375 e. The lowest BCUT2D eigenvalue weighted by molar-refractivity contribution is 0.142. The van der Waals surface area contributed by atoms with Crippen molar-refractivity contribution in [2.45, 2.75) is 23.5 Å². The van der Waals surface area contributed by atoms with Crippen LogP contribution < -0.4 is 4.72 Å². The van der Waals surface area contributed by atoms with Crippen LogP contribution in [0.1, 0.15) is 12.8 Å². The molecule has 2 heterocycles. The lowest BCUT2D eigenvalue weighted by atomic mass is 10.4. The van der Waals surface area contributed by atoms with Crippen LogP contribution in [-0.2, 0) is 0 Å². The molecule has 2 N–H and O–H groups in total. The number of aliphatic hydroxyl groups is 1. The standard InChI is InChI=1S/C10H9Br2N3OS/c11-7-5-13-15-8(7)3-6(4-9(15)12)17-14-10(16)1-2-10/h3-5,14,16H,1-2H2. The van der Waals surface area contributed by atoms with Crippen molar-refractivity contribution >= 4 is 49.3 Å². The van der Waals surface area contributed by atoms with Gasteiger partial charge in [-0.1, -0.05) is 0 Å². The van der Waals surface area contributed by atoms with Gasteiger partial charge in [0.25, 0.3) is 0 Å². The summed E-state index contributed by atoms with van der Waals surface area (Å²) in [5.74, 6) is 0. The molecule has 0 spiro atoms. The second-order valence-corrected chi connectivity index (χ2v) is 6.59. The van der Waals surface area contributed by atoms with E-state index in [1.165, 1.54) is 11.9 Å². The molecule has 0 saturated heterocycles. The molecule has 0 amide bonds. The van der Waals surface area contributed by atoms with Crippen LogP contribution >= 0.6 is 43.8 Å². The number of rotatable bonds is 3. The third kappa shape index (κ3) is 2.39. The van der Waals surface area contributed by atoms with E-state index < -0.39 is 5.72 Å². The van der Waals surface area contributed by atoms with E-state index in [1.54, 1.807) is 10.7 Å². The molecule has 0 unspecified atom stereocenters. The number of hydrogen-bond donors (Lipinski definition) is 2. The highest BCUT2D eigenvalue weighted by molar-refractivity contribution is 9.11. The summed E-state index contributed by atoms with van der Waals surface area (Å²) in [4.78, 5) is 1.03. The van der Waals surface area contributed by atoms with Crippen molar-refractivity contribution in [3.8, 4) is 0 Å². The third-order valence-electron chi connectivity index (χ3n) is 2.58. The van der Waals surface area contributed by atoms with Gasteiger partial charge in [0.2, 0.25) is 0 Å². The molecule has 7 heteroatoms. The van der Waals surface area contributed by atoms with Crippen molar-refractivity contribution in [2.24, 2.45) is 0 Å². The first-order valence-corrected chi connectivity index (χ1v) is 7.47. The summed E-state index contributed by atoms with van der Waals surface area (Å²) in [6.45, 7) is 0. The van der Waals surface area contributed by atoms with Gasteiger partial charge in [-0.2, -0.15) is 5.10 Å². The second-order valence-electron chi connectivity index (χ2n) is 4.04. The average Bonchev–Trinajstić information content (AvgIpc) is 2.91. The first-order chi connectivity index (χ1) is 8.07. The monoisotopic (exact) mass is 377 g/mol. The van der Waals surface area contributed by atoms with Crippen molar-refractivity contribution in [1.82, 2.24) is 14.3 Å². The van der Waals surface area contributed by atoms with Crippen LogP contribution in [0.25, 0.3) is 5.52 Å². The fourth-order valence-corrected chi connectivity index (χ4v) is 3.33. The smallest absolute Gasteiger partial charge is 0.125 e. The summed E-state index contributed by atoms with van der Waals surface area (Å²) in [6.07, 6.45) is 3.40. The number of hydrogen-bond acceptors (Lipinski definition) is 4. The molecule has 0 bridgehead atoms. The van der Waals surface area contributed by atoms with Gasteiger partial charge in [-0.3, -0.25) is 0 Å². The van der Waals surface area contributed by atoms with E-state index in [0.717, 1.165) is 32.3 Å². The van der Waals surface area contributed by atoms with E-state index in [1.807, 2.05) is 12.1 Å². The van der Waals surface area contributed by atoms with Crippen LogP contribution in [0, 0.1) is 0 Å². The SMILES string of the molecule is OC1(NSc2cc(Br)n3ncc(Br)c3c2)CC1. The molecule has 0 aliphatic heterocycles. The van der Waals surface area contributed by atoms with Gasteiger partial charge in [0.15, 0.2) is 0 Å². The van der Waals surface area contributed by atoms with E-state index in [-0.39, 0.29) is 0 Å². The van der Waals surface area contributed by atoms with Gasteiger partial charge < -0.3 is 5.11 Å². The molecule has 1 aliphatic carbocycles. The molecule has 1 fully saturated rings. The predicted octanol–water partition coefficient (Wildman–Crippen LogP) is 2.94. The van der Waals surface area contributed by atoms with Gasteiger partial charge in [0.05, 0.1) is 16.2 Å². The molecule has 3 rings (SSSR count). The minimum absolute atomic E-state index is 0.666. The van der Waals surface area contributed by atoms with Gasteiger partial charge >= 0.3 is 0 Å². The van der Waals surface area contributed by atoms with Crippen molar-refractivity contribution in [1.29, 1.82) is 0 Å². The Morgan fingerprint density at radius 3 is 2.88 bits per heavy atom. The van der Waals surface area contributed by atoms with Crippen LogP contribution in [0.15, 0.2) is 32.3 Å². The van der Waals surface area contributed by atoms with Gasteiger partial charge in [-0.05, 0) is 68.8 Å². The van der Waals surface area contributed by atoms with Crippen molar-refractivity contribution in [3.63, 3.8) is 0 Å². The number of nitrogens with zero attached hydrogens (tertiary/aromatic N) is 2. The van der Waals surface area contributed by atoms with E-state index in [0.29, 0.717) is 0 Å². The number of aromatic nitrogens is 2. The van der Waals surface area contributed by atoms with Crippen molar-refractivity contribution in [2.75, 3.05) is 0 Å². The normalized spacial score (nSPS) is 17.6. The Balaban J connectivity index is 1.91. The van der Waals surface area contributed by atoms with Crippen molar-refractivity contribution < 1.29 is 5.11 Å². The Kier molecular flexibility index (Phi) is 2.99. The zero-order valence-corrected chi connectivity index (χ0v) is 12.6. The molecular weight excluding hydrogens is 370 g/mol. The zero-order chi connectivity index (χ0) is 12.0. The third-order valence-corrected chi connectivity index (χ3v) is 4.71. The molecule has 0 aromatic carbocycles. The minimum Gasteiger partial charge on any atom is -0.375 e. The molecule has 4 nitrogen and oxygen atoms in total. The second kappa shape index (κ2) is 4.24. The summed E-state index contributed by atoms with van der Waals surface area (Å²) in [5, 5.41) is 13.9. The molecule has 0 radical (unpaired) electrons. The van der Waals surface area contributed by atoms with E-state index >= 15 is 0 Å². The zero-order valence-electron chi connectivity index (χ0n) is 8.65. The number of fused-ring (bicyclic) bond motifs is 1. The van der Waals surface area contributed by atoms with Crippen LogP contribution in [0.2, 0.25) is 0 Å². The Morgan fingerprint density at radius 2 is 2.18 bits per heavy atom. The number of nitrogens with one attached hydrogen (secondary N) is 1. The summed E-state index contributed by atoms with van der Waals surface area (Å²) in [5.41, 5.74) is 0.326. The lowest BCUT2D eigenvalue weighted by Gasteiger charge is -2.10. The Morgan fingerprint density at radius 1 is 1.41 bits per heavy atom. The molecule has 1 saturated carbocycles. The van der Waals surface area contributed by atoms with Crippen LogP contribution in [-0.4, -0.2) is 20.4 Å². The highest BCUT2D eigenvalue weighted by Gasteiger charge is 2.40. The molecule has 2 aromatic heterocycles. The fraction of sp³-hybridized carbons (Fsp3) is 0.300. The summed E-state index contributed by atoms with van der Waals surface area (Å²) in [7, 11) is 0. The van der Waals surface area contributed by atoms with E-state index in [4.69, 9.17) is 0 Å². The molecular formula is C10H9Br2N3OS. The van der Waals surface area contributed by atoms with Gasteiger partial charge in [0.1, 0.15) is 10.3 Å². The van der Waals surface area contributed by atoms with Crippen LogP contribution in [0.5, 0.6) is 0 Å². The van der Waals surface area contributed by atoms with Crippen molar-refractivity contribution in [3.05, 3.63) is 27.4 Å². The van der Waals surface area contributed by atoms with Gasteiger partial charge in [-0.25, -0.2) is 9.24 Å². The highest BCUT2D eigenvalue weighted by atomic mass is 79.9. The number of halogens is 2. The van der Waals surface area contributed by atoms with E-state index in [9.17, 15) is 5.11 Å². The Labute approximate surface area is 119 Å². The minimum atomic E-state index is -0.666. The van der Waals surface area contributed by atoms with Gasteiger partial charge in [-0.15, -0.1) is 0 Å². The molecule has 0 atom stereocenters. The quantitative estimate of drug-likeness (QED) is 0.489. The highest BCUT2D eigenvalue weighted by Crippen LogP contribution is 2.36. The molecule has 1 aliphatic rings. The summed E-state index contributed by atoms with van der Waals surface area (Å²) >= 11 is 8.37. The first kappa shape index (κ1) is 12.0. The fourth-order valence-electron chi connectivity index (χ4n) is 1.43.